The minimum atomic E-state index is -3.06. The number of hydrogen-bond donors (Lipinski definition) is 1. The molecule has 1 aliphatic rings. The monoisotopic (exact) mass is 251 g/mol. The number of fused-ring (bicyclic) bond motifs is 1. The number of rotatable bonds is 1. The van der Waals surface area contributed by atoms with Crippen LogP contribution >= 0.6 is 0 Å². The van der Waals surface area contributed by atoms with Gasteiger partial charge in [-0.1, -0.05) is 6.07 Å². The van der Waals surface area contributed by atoms with Crippen molar-refractivity contribution in [3.05, 3.63) is 30.2 Å². The molecule has 1 aliphatic heterocycles. The number of nitrogens with two attached hydrogens (primary N) is 1. The molecule has 3 rings (SSSR count). The van der Waals surface area contributed by atoms with Crippen LogP contribution < -0.4 is 5.73 Å². The first-order valence-corrected chi connectivity index (χ1v) is 7.24. The van der Waals surface area contributed by atoms with E-state index in [1.807, 2.05) is 12.1 Å². The molecule has 0 aromatic carbocycles. The zero-order valence-corrected chi connectivity index (χ0v) is 10.0. The lowest BCUT2D eigenvalue weighted by molar-refractivity contribution is 0.588. The fraction of sp³-hybridized carbons (Fsp3) is 0.364. The maximum absolute atomic E-state index is 11.9. The van der Waals surface area contributed by atoms with Gasteiger partial charge in [-0.05, 0) is 25.0 Å². The quantitative estimate of drug-likeness (QED) is 0.825. The molecule has 1 atom stereocenters. The number of nitrogens with zero attached hydrogens (tertiary/aromatic N) is 2. The van der Waals surface area contributed by atoms with Crippen LogP contribution in [-0.2, 0) is 9.84 Å². The van der Waals surface area contributed by atoms with Gasteiger partial charge in [-0.15, -0.1) is 0 Å². The van der Waals surface area contributed by atoms with Crippen molar-refractivity contribution in [3.63, 3.8) is 0 Å². The molecule has 90 valence electrons. The molecule has 0 spiro atoms. The number of sulfone groups is 1. The second kappa shape index (κ2) is 3.46. The molecule has 2 aromatic heterocycles. The van der Waals surface area contributed by atoms with Crippen LogP contribution in [0.2, 0.25) is 0 Å². The van der Waals surface area contributed by atoms with Crippen molar-refractivity contribution in [1.82, 2.24) is 9.38 Å². The van der Waals surface area contributed by atoms with Crippen molar-refractivity contribution in [3.8, 4) is 0 Å². The first kappa shape index (κ1) is 10.6. The van der Waals surface area contributed by atoms with Crippen LogP contribution in [-0.4, -0.2) is 23.6 Å². The Balaban J connectivity index is 2.25. The molecule has 1 saturated heterocycles. The van der Waals surface area contributed by atoms with E-state index >= 15 is 0 Å². The normalized spacial score (nSPS) is 23.2. The average molecular weight is 251 g/mol. The van der Waals surface area contributed by atoms with Crippen LogP contribution in [0.1, 0.15) is 23.9 Å². The highest BCUT2D eigenvalue weighted by Crippen LogP contribution is 2.34. The Bertz CT molecular complexity index is 675. The van der Waals surface area contributed by atoms with E-state index < -0.39 is 15.1 Å². The molecule has 1 unspecified atom stereocenters. The van der Waals surface area contributed by atoms with Crippen molar-refractivity contribution in [1.29, 1.82) is 0 Å². The van der Waals surface area contributed by atoms with E-state index in [0.29, 0.717) is 24.5 Å². The zero-order valence-electron chi connectivity index (χ0n) is 9.20. The highest BCUT2D eigenvalue weighted by Gasteiger charge is 2.35. The Hall–Kier alpha value is -1.56. The summed E-state index contributed by atoms with van der Waals surface area (Å²) < 4.78 is 25.6. The van der Waals surface area contributed by atoms with Gasteiger partial charge in [0.1, 0.15) is 16.9 Å². The van der Waals surface area contributed by atoms with Gasteiger partial charge in [0.2, 0.25) is 0 Å². The molecule has 3 heterocycles. The Morgan fingerprint density at radius 1 is 1.41 bits per heavy atom. The summed E-state index contributed by atoms with van der Waals surface area (Å²) in [6.45, 7) is 0. The van der Waals surface area contributed by atoms with E-state index in [4.69, 9.17) is 5.73 Å². The number of nitrogen functional groups attached to an aromatic ring is 1. The van der Waals surface area contributed by atoms with Gasteiger partial charge in [0, 0.05) is 0 Å². The van der Waals surface area contributed by atoms with E-state index in [9.17, 15) is 8.42 Å². The van der Waals surface area contributed by atoms with E-state index in [1.54, 1.807) is 16.7 Å². The molecule has 0 saturated carbocycles. The van der Waals surface area contributed by atoms with Crippen molar-refractivity contribution in [2.24, 2.45) is 0 Å². The molecule has 0 amide bonds. The maximum Gasteiger partial charge on any atom is 0.160 e. The molecule has 0 bridgehead atoms. The Morgan fingerprint density at radius 3 is 2.94 bits per heavy atom. The third kappa shape index (κ3) is 1.51. The molecule has 2 aromatic rings. The van der Waals surface area contributed by atoms with E-state index in [2.05, 4.69) is 4.98 Å². The average Bonchev–Trinajstić information content (AvgIpc) is 2.82. The molecule has 2 N–H and O–H groups in total. The third-order valence-corrected chi connectivity index (χ3v) is 5.40. The van der Waals surface area contributed by atoms with Crippen molar-refractivity contribution < 1.29 is 8.42 Å². The Labute approximate surface area is 99.2 Å². The third-order valence-electron chi connectivity index (χ3n) is 3.23. The first-order valence-electron chi connectivity index (χ1n) is 5.53. The second-order valence-corrected chi connectivity index (χ2v) is 6.63. The van der Waals surface area contributed by atoms with Crippen LogP contribution in [0.5, 0.6) is 0 Å². The maximum atomic E-state index is 11.9. The standard InChI is InChI=1S/C11H13N3O2S/c12-10-5-1-3-8-7-13-11(14(8)10)9-4-2-6-17(9,15)16/h1,3,5,7,9H,2,4,6,12H2. The predicted octanol–water partition coefficient (Wildman–Crippen LogP) is 1.17. The summed E-state index contributed by atoms with van der Waals surface area (Å²) in [4.78, 5) is 4.24. The number of aromatic nitrogens is 2. The molecule has 0 aliphatic carbocycles. The van der Waals surface area contributed by atoms with E-state index in [-0.39, 0.29) is 5.75 Å². The first-order chi connectivity index (χ1) is 8.09. The fourth-order valence-electron chi connectivity index (χ4n) is 2.41. The van der Waals surface area contributed by atoms with Crippen LogP contribution in [0.3, 0.4) is 0 Å². The van der Waals surface area contributed by atoms with Gasteiger partial charge in [0.05, 0.1) is 17.5 Å². The van der Waals surface area contributed by atoms with Crippen LogP contribution in [0.25, 0.3) is 5.52 Å². The molecule has 5 nitrogen and oxygen atoms in total. The van der Waals surface area contributed by atoms with Crippen LogP contribution in [0, 0.1) is 0 Å². The summed E-state index contributed by atoms with van der Waals surface area (Å²) in [6.07, 6.45) is 3.00. The summed E-state index contributed by atoms with van der Waals surface area (Å²) >= 11 is 0. The van der Waals surface area contributed by atoms with Crippen molar-refractivity contribution in [2.45, 2.75) is 18.1 Å². The highest BCUT2D eigenvalue weighted by molar-refractivity contribution is 7.91. The SMILES string of the molecule is Nc1cccc2cnc(C3CCCS3(=O)=O)n12. The van der Waals surface area contributed by atoms with E-state index in [1.165, 1.54) is 0 Å². The van der Waals surface area contributed by atoms with Gasteiger partial charge < -0.3 is 5.73 Å². The minimum absolute atomic E-state index is 0.249. The second-order valence-electron chi connectivity index (χ2n) is 4.33. The van der Waals surface area contributed by atoms with Crippen LogP contribution in [0.4, 0.5) is 5.82 Å². The van der Waals surface area contributed by atoms with E-state index in [0.717, 1.165) is 5.52 Å². The zero-order chi connectivity index (χ0) is 12.0. The minimum Gasteiger partial charge on any atom is -0.385 e. The van der Waals surface area contributed by atoms with Crippen molar-refractivity contribution in [2.75, 3.05) is 11.5 Å². The van der Waals surface area contributed by atoms with Gasteiger partial charge in [-0.2, -0.15) is 0 Å². The lowest BCUT2D eigenvalue weighted by Crippen LogP contribution is -2.12. The topological polar surface area (TPSA) is 77.5 Å². The highest BCUT2D eigenvalue weighted by atomic mass is 32.2. The molecular formula is C11H13N3O2S. The lowest BCUT2D eigenvalue weighted by Gasteiger charge is -2.10. The number of anilines is 1. The van der Waals surface area contributed by atoms with Gasteiger partial charge in [-0.3, -0.25) is 4.40 Å². The summed E-state index contributed by atoms with van der Waals surface area (Å²) in [5, 5.41) is -0.505. The Morgan fingerprint density at radius 2 is 2.24 bits per heavy atom. The molecule has 0 radical (unpaired) electrons. The number of imidazole rings is 1. The molecular weight excluding hydrogens is 238 g/mol. The smallest absolute Gasteiger partial charge is 0.160 e. The molecule has 1 fully saturated rings. The fourth-order valence-corrected chi connectivity index (χ4v) is 4.27. The molecule has 6 heteroatoms. The van der Waals surface area contributed by atoms with Crippen LogP contribution in [0.15, 0.2) is 24.4 Å². The predicted molar refractivity (Wildman–Crippen MR) is 65.4 cm³/mol. The Kier molecular flexibility index (Phi) is 2.16. The van der Waals surface area contributed by atoms with Gasteiger partial charge in [0.25, 0.3) is 0 Å². The summed E-state index contributed by atoms with van der Waals surface area (Å²) in [7, 11) is -3.06. The van der Waals surface area contributed by atoms with Gasteiger partial charge >= 0.3 is 0 Å². The summed E-state index contributed by atoms with van der Waals surface area (Å²) in [5.74, 6) is 1.33. The lowest BCUT2D eigenvalue weighted by atomic mass is 10.2. The number of pyridine rings is 1. The van der Waals surface area contributed by atoms with Gasteiger partial charge in [0.15, 0.2) is 9.84 Å². The number of hydrogen-bond acceptors (Lipinski definition) is 4. The summed E-state index contributed by atoms with van der Waals surface area (Å²) in [5.41, 5.74) is 6.72. The molecule has 17 heavy (non-hydrogen) atoms. The van der Waals surface area contributed by atoms with Crippen molar-refractivity contribution >= 4 is 21.2 Å². The van der Waals surface area contributed by atoms with Gasteiger partial charge in [-0.25, -0.2) is 13.4 Å². The largest absolute Gasteiger partial charge is 0.385 e. The summed E-state index contributed by atoms with van der Waals surface area (Å²) in [6, 6.07) is 5.45.